The van der Waals surface area contributed by atoms with Crippen molar-refractivity contribution in [3.63, 3.8) is 0 Å². The third-order valence-electron chi connectivity index (χ3n) is 3.69. The fourth-order valence-corrected chi connectivity index (χ4v) is 3.82. The summed E-state index contributed by atoms with van der Waals surface area (Å²) < 4.78 is 31.6. The lowest BCUT2D eigenvalue weighted by Gasteiger charge is -2.15. The summed E-state index contributed by atoms with van der Waals surface area (Å²) in [6.45, 7) is 5.37. The summed E-state index contributed by atoms with van der Waals surface area (Å²) in [7, 11) is -4.09. The van der Waals surface area contributed by atoms with Crippen molar-refractivity contribution in [3.05, 3.63) is 83.7 Å². The maximum Gasteiger partial charge on any atom is 0.430 e. The quantitative estimate of drug-likeness (QED) is 0.801. The minimum Gasteiger partial charge on any atom is -0.433 e. The number of hydrogen-bond donors (Lipinski definition) is 0. The van der Waals surface area contributed by atoms with Crippen molar-refractivity contribution in [3.8, 4) is 0 Å². The molecular formula is C18H15NO4S. The molecule has 1 amide bonds. The molecule has 3 rings (SSSR count). The van der Waals surface area contributed by atoms with Crippen LogP contribution < -0.4 is 0 Å². The topological polar surface area (TPSA) is 63.7 Å². The van der Waals surface area contributed by atoms with E-state index in [4.69, 9.17) is 4.74 Å². The van der Waals surface area contributed by atoms with Gasteiger partial charge in [-0.15, -0.1) is 5.73 Å². The molecule has 1 heterocycles. The average Bonchev–Trinajstić information content (AvgIpc) is 2.93. The Hall–Kier alpha value is -2.82. The molecule has 1 aliphatic rings. The van der Waals surface area contributed by atoms with Crippen LogP contribution in [0.5, 0.6) is 0 Å². The largest absolute Gasteiger partial charge is 0.433 e. The third kappa shape index (κ3) is 2.62. The van der Waals surface area contributed by atoms with Gasteiger partial charge in [-0.3, -0.25) is 0 Å². The Balaban J connectivity index is 2.06. The van der Waals surface area contributed by atoms with Crippen molar-refractivity contribution >= 4 is 16.1 Å². The molecule has 122 valence electrons. The van der Waals surface area contributed by atoms with Gasteiger partial charge in [-0.25, -0.2) is 13.2 Å². The van der Waals surface area contributed by atoms with Crippen LogP contribution >= 0.6 is 0 Å². The van der Waals surface area contributed by atoms with Crippen molar-refractivity contribution in [1.29, 1.82) is 0 Å². The van der Waals surface area contributed by atoms with E-state index in [-0.39, 0.29) is 10.6 Å². The summed E-state index contributed by atoms with van der Waals surface area (Å²) in [5.41, 5.74) is 4.18. The number of hydrogen-bond acceptors (Lipinski definition) is 4. The molecule has 0 aliphatic carbocycles. The fourth-order valence-electron chi connectivity index (χ4n) is 2.47. The van der Waals surface area contributed by atoms with Crippen molar-refractivity contribution in [2.45, 2.75) is 17.9 Å². The number of nitrogens with zero attached hydrogens (tertiary/aromatic N) is 1. The maximum absolute atomic E-state index is 12.8. The minimum absolute atomic E-state index is 0.00603. The molecule has 1 atom stereocenters. The van der Waals surface area contributed by atoms with Crippen LogP contribution in [0.1, 0.15) is 17.2 Å². The van der Waals surface area contributed by atoms with Gasteiger partial charge in [0, 0.05) is 0 Å². The normalized spacial score (nSPS) is 17.5. The fraction of sp³-hybridized carbons (Fsp3) is 0.111. The molecule has 0 radical (unpaired) electrons. The highest BCUT2D eigenvalue weighted by molar-refractivity contribution is 7.89. The molecule has 0 bridgehead atoms. The van der Waals surface area contributed by atoms with Crippen LogP contribution in [-0.4, -0.2) is 18.8 Å². The molecule has 24 heavy (non-hydrogen) atoms. The zero-order valence-corrected chi connectivity index (χ0v) is 13.8. The second-order valence-corrected chi connectivity index (χ2v) is 7.11. The van der Waals surface area contributed by atoms with Gasteiger partial charge in [0.15, 0.2) is 6.10 Å². The van der Waals surface area contributed by atoms with Gasteiger partial charge >= 0.3 is 6.09 Å². The lowest BCUT2D eigenvalue weighted by molar-refractivity contribution is 0.140. The van der Waals surface area contributed by atoms with Crippen molar-refractivity contribution in [2.75, 3.05) is 0 Å². The number of sulfonamides is 1. The van der Waals surface area contributed by atoms with Crippen LogP contribution in [0.3, 0.4) is 0 Å². The van der Waals surface area contributed by atoms with E-state index in [1.54, 1.807) is 36.4 Å². The predicted molar refractivity (Wildman–Crippen MR) is 88.5 cm³/mol. The zero-order chi connectivity index (χ0) is 17.3. The van der Waals surface area contributed by atoms with Crippen LogP contribution in [0.15, 0.2) is 77.5 Å². The molecule has 0 aromatic heterocycles. The first-order chi connectivity index (χ1) is 11.4. The highest BCUT2D eigenvalue weighted by Crippen LogP contribution is 2.38. The Bertz CT molecular complexity index is 927. The van der Waals surface area contributed by atoms with Gasteiger partial charge in [-0.05, 0) is 24.6 Å². The number of rotatable bonds is 3. The number of carbonyl (C=O) groups excluding carboxylic acids is 1. The van der Waals surface area contributed by atoms with Gasteiger partial charge < -0.3 is 4.74 Å². The smallest absolute Gasteiger partial charge is 0.430 e. The van der Waals surface area contributed by atoms with Gasteiger partial charge in [-0.2, -0.15) is 4.31 Å². The summed E-state index contributed by atoms with van der Waals surface area (Å²) in [5.74, 6) is 0. The summed E-state index contributed by atoms with van der Waals surface area (Å²) >= 11 is 0. The summed E-state index contributed by atoms with van der Waals surface area (Å²) in [6.07, 6.45) is -1.81. The molecule has 6 heteroatoms. The Kier molecular flexibility index (Phi) is 4.01. The standard InChI is InChI=1S/C18H15NO4S/c1-3-16-17(14-7-5-4-6-8-14)23-18(20)19(16)24(21,22)15-11-9-13(2)10-12-15/h4-12,17H,1H2,2H3/t17-/m1/s1. The molecular weight excluding hydrogens is 326 g/mol. The Labute approximate surface area is 140 Å². The van der Waals surface area contributed by atoms with E-state index < -0.39 is 22.2 Å². The van der Waals surface area contributed by atoms with Crippen LogP contribution in [0.4, 0.5) is 4.79 Å². The van der Waals surface area contributed by atoms with E-state index in [2.05, 4.69) is 12.3 Å². The van der Waals surface area contributed by atoms with E-state index in [9.17, 15) is 13.2 Å². The Morgan fingerprint density at radius 3 is 2.29 bits per heavy atom. The number of ether oxygens (including phenoxy) is 1. The van der Waals surface area contributed by atoms with E-state index in [1.165, 1.54) is 12.1 Å². The molecule has 0 N–H and O–H groups in total. The second-order valence-electron chi connectivity index (χ2n) is 5.32. The van der Waals surface area contributed by atoms with Crippen LogP contribution in [0.2, 0.25) is 0 Å². The predicted octanol–water partition coefficient (Wildman–Crippen LogP) is 3.55. The number of cyclic esters (lactones) is 1. The van der Waals surface area contributed by atoms with Gasteiger partial charge in [0.25, 0.3) is 10.0 Å². The van der Waals surface area contributed by atoms with E-state index in [0.717, 1.165) is 5.56 Å². The van der Waals surface area contributed by atoms with Crippen molar-refractivity contribution < 1.29 is 17.9 Å². The Morgan fingerprint density at radius 1 is 1.08 bits per heavy atom. The van der Waals surface area contributed by atoms with Crippen LogP contribution in [-0.2, 0) is 14.8 Å². The first kappa shape index (κ1) is 16.1. The summed E-state index contributed by atoms with van der Waals surface area (Å²) in [4.78, 5) is 12.3. The van der Waals surface area contributed by atoms with Crippen LogP contribution in [0, 0.1) is 6.92 Å². The molecule has 0 spiro atoms. The molecule has 1 aliphatic heterocycles. The molecule has 1 saturated heterocycles. The lowest BCUT2D eigenvalue weighted by Crippen LogP contribution is -2.30. The highest BCUT2D eigenvalue weighted by Gasteiger charge is 2.45. The van der Waals surface area contributed by atoms with E-state index in [0.29, 0.717) is 9.87 Å². The second kappa shape index (κ2) is 6.00. The van der Waals surface area contributed by atoms with Gasteiger partial charge in [0.1, 0.15) is 5.70 Å². The monoisotopic (exact) mass is 341 g/mol. The SMILES string of the molecule is C=C=C1[C@@H](c2ccccc2)OC(=O)N1S(=O)(=O)c1ccc(C)cc1. The minimum atomic E-state index is -4.09. The molecule has 5 nitrogen and oxygen atoms in total. The van der Waals surface area contributed by atoms with Crippen LogP contribution in [0.25, 0.3) is 0 Å². The van der Waals surface area contributed by atoms with Gasteiger partial charge in [0.2, 0.25) is 0 Å². The molecule has 1 fully saturated rings. The zero-order valence-electron chi connectivity index (χ0n) is 13.0. The third-order valence-corrected chi connectivity index (χ3v) is 5.39. The highest BCUT2D eigenvalue weighted by atomic mass is 32.2. The maximum atomic E-state index is 12.8. The lowest BCUT2D eigenvalue weighted by atomic mass is 10.1. The summed E-state index contributed by atoms with van der Waals surface area (Å²) in [6, 6.07) is 15.1. The van der Waals surface area contributed by atoms with Gasteiger partial charge in [-0.1, -0.05) is 54.6 Å². The van der Waals surface area contributed by atoms with E-state index in [1.807, 2.05) is 13.0 Å². The van der Waals surface area contributed by atoms with Gasteiger partial charge in [0.05, 0.1) is 4.90 Å². The number of carbonyl (C=O) groups is 1. The first-order valence-corrected chi connectivity index (χ1v) is 8.66. The molecule has 2 aromatic carbocycles. The first-order valence-electron chi connectivity index (χ1n) is 7.22. The van der Waals surface area contributed by atoms with Crippen molar-refractivity contribution in [1.82, 2.24) is 4.31 Å². The number of benzene rings is 2. The Morgan fingerprint density at radius 2 is 1.71 bits per heavy atom. The van der Waals surface area contributed by atoms with Crippen molar-refractivity contribution in [2.24, 2.45) is 0 Å². The molecule has 2 aromatic rings. The number of amides is 1. The number of aryl methyl sites for hydroxylation is 1. The van der Waals surface area contributed by atoms with E-state index >= 15 is 0 Å². The summed E-state index contributed by atoms with van der Waals surface area (Å²) in [5, 5.41) is 0. The molecule has 0 unspecified atom stereocenters. The molecule has 0 saturated carbocycles. The average molecular weight is 341 g/mol.